The molecular formula is C34H43ClFN7O3S. The smallest absolute Gasteiger partial charge is 0.352 e. The number of amides is 1. The van der Waals surface area contributed by atoms with E-state index in [1.807, 2.05) is 43.0 Å². The van der Waals surface area contributed by atoms with E-state index in [4.69, 9.17) is 22.3 Å². The standard InChI is InChI=1S/C34H43ClFN7O3S/c1-8-12-13-24-18-23(21-40(6)7)14-15-29(24)43-33-25(19-26(35)32(38-33)31(27(36)9-2)28(37)10-3)34(39-47(43,45)46)42-17-16-41(20-22(42)5)30(44)11-4/h9-11,14-15,18-19,22H,3-4,8,12-13,16-17,20-21,37H2,1-2,5-7H3/b27-9+,31-28-. The lowest BCUT2D eigenvalue weighted by Crippen LogP contribution is -2.56. The van der Waals surface area contributed by atoms with Crippen molar-refractivity contribution in [2.75, 3.05) is 38.0 Å². The van der Waals surface area contributed by atoms with E-state index in [1.54, 1.807) is 17.0 Å². The molecule has 2 aliphatic heterocycles. The predicted molar refractivity (Wildman–Crippen MR) is 188 cm³/mol. The lowest BCUT2D eigenvalue weighted by Gasteiger charge is -2.42. The summed E-state index contributed by atoms with van der Waals surface area (Å²) < 4.78 is 49.6. The Morgan fingerprint density at radius 1 is 1.21 bits per heavy atom. The van der Waals surface area contributed by atoms with Crippen molar-refractivity contribution in [2.24, 2.45) is 10.1 Å². The number of amidine groups is 1. The normalized spacial score (nSPS) is 18.5. The molecule has 0 saturated carbocycles. The van der Waals surface area contributed by atoms with E-state index in [-0.39, 0.29) is 45.6 Å². The third-order valence-corrected chi connectivity index (χ3v) is 9.63. The highest BCUT2D eigenvalue weighted by Crippen LogP contribution is 2.42. The average molecular weight is 684 g/mol. The van der Waals surface area contributed by atoms with Crippen LogP contribution in [0.3, 0.4) is 0 Å². The second-order valence-electron chi connectivity index (χ2n) is 11.9. The maximum atomic E-state index is 15.4. The van der Waals surface area contributed by atoms with Crippen molar-refractivity contribution in [3.63, 3.8) is 0 Å². The number of pyridine rings is 1. The molecule has 1 aromatic carbocycles. The number of aryl methyl sites for hydroxylation is 1. The van der Waals surface area contributed by atoms with Crippen LogP contribution in [0, 0.1) is 0 Å². The molecule has 2 aromatic rings. The van der Waals surface area contributed by atoms with Gasteiger partial charge in [0, 0.05) is 37.9 Å². The van der Waals surface area contributed by atoms with Crippen LogP contribution in [0.5, 0.6) is 0 Å². The summed E-state index contributed by atoms with van der Waals surface area (Å²) >= 11 is 6.83. The second-order valence-corrected chi connectivity index (χ2v) is 13.7. The molecule has 13 heteroatoms. The topological polar surface area (TPSA) is 115 Å². The molecule has 47 heavy (non-hydrogen) atoms. The molecule has 0 spiro atoms. The molecule has 1 atom stereocenters. The average Bonchev–Trinajstić information content (AvgIpc) is 3.03. The summed E-state index contributed by atoms with van der Waals surface area (Å²) in [5.74, 6) is -0.742. The summed E-state index contributed by atoms with van der Waals surface area (Å²) in [4.78, 5) is 22.7. The van der Waals surface area contributed by atoms with Gasteiger partial charge in [0.15, 0.2) is 11.7 Å². The molecule has 3 heterocycles. The first-order chi connectivity index (χ1) is 22.3. The number of rotatable bonds is 10. The van der Waals surface area contributed by atoms with E-state index in [0.717, 1.165) is 28.3 Å². The largest absolute Gasteiger partial charge is 0.398 e. The van der Waals surface area contributed by atoms with Gasteiger partial charge in [-0.3, -0.25) is 4.79 Å². The molecule has 0 radical (unpaired) electrons. The zero-order valence-corrected chi connectivity index (χ0v) is 29.2. The summed E-state index contributed by atoms with van der Waals surface area (Å²) in [5, 5.41) is 0.0492. The SMILES string of the molecule is C=CC(=O)N1CCN(C2=NS(=O)(=O)N(c3ccc(CN(C)C)cc3CCCC)c3nc(C(/C(F)=C\C)=C(\N)C=C)c(Cl)cc32)C(C)C1. The molecule has 1 fully saturated rings. The van der Waals surface area contributed by atoms with Crippen LogP contribution in [0.4, 0.5) is 15.9 Å². The number of benzene rings is 1. The number of anilines is 2. The number of carbonyl (C=O) groups is 1. The molecule has 1 unspecified atom stereocenters. The predicted octanol–water partition coefficient (Wildman–Crippen LogP) is 5.73. The highest BCUT2D eigenvalue weighted by molar-refractivity contribution is 7.92. The van der Waals surface area contributed by atoms with Crippen LogP contribution in [0.1, 0.15) is 56.0 Å². The Labute approximate surface area is 282 Å². The summed E-state index contributed by atoms with van der Waals surface area (Å²) in [6.45, 7) is 14.3. The first-order valence-electron chi connectivity index (χ1n) is 15.5. The fourth-order valence-electron chi connectivity index (χ4n) is 5.83. The van der Waals surface area contributed by atoms with Crippen LogP contribution in [-0.2, 0) is 28.0 Å². The zero-order chi connectivity index (χ0) is 34.6. The van der Waals surface area contributed by atoms with Crippen molar-refractivity contribution in [2.45, 2.75) is 52.6 Å². The summed E-state index contributed by atoms with van der Waals surface area (Å²) in [5.41, 5.74) is 8.62. The Morgan fingerprint density at radius 2 is 1.94 bits per heavy atom. The number of unbranched alkanes of at least 4 members (excludes halogenated alkanes) is 1. The molecule has 252 valence electrons. The van der Waals surface area contributed by atoms with Crippen molar-refractivity contribution in [1.82, 2.24) is 19.7 Å². The summed E-state index contributed by atoms with van der Waals surface area (Å²) in [7, 11) is -0.512. The molecule has 1 amide bonds. The first-order valence-corrected chi connectivity index (χ1v) is 17.3. The van der Waals surface area contributed by atoms with Crippen LogP contribution in [0.2, 0.25) is 5.02 Å². The van der Waals surface area contributed by atoms with Crippen LogP contribution in [0.25, 0.3) is 5.57 Å². The third kappa shape index (κ3) is 7.45. The van der Waals surface area contributed by atoms with E-state index in [2.05, 4.69) is 24.5 Å². The van der Waals surface area contributed by atoms with Gasteiger partial charge in [-0.1, -0.05) is 56.3 Å². The molecule has 4 rings (SSSR count). The fourth-order valence-corrected chi connectivity index (χ4v) is 7.37. The number of allylic oxidation sites excluding steroid dienone is 4. The number of nitrogens with two attached hydrogens (primary N) is 1. The Morgan fingerprint density at radius 3 is 2.53 bits per heavy atom. The van der Waals surface area contributed by atoms with Gasteiger partial charge in [-0.05, 0) is 76.2 Å². The van der Waals surface area contributed by atoms with Crippen molar-refractivity contribution in [3.05, 3.63) is 94.6 Å². The van der Waals surface area contributed by atoms with Gasteiger partial charge in [0.2, 0.25) is 5.91 Å². The summed E-state index contributed by atoms with van der Waals surface area (Å²) in [6, 6.07) is 6.91. The van der Waals surface area contributed by atoms with Gasteiger partial charge in [0.1, 0.15) is 5.83 Å². The van der Waals surface area contributed by atoms with Gasteiger partial charge in [-0.15, -0.1) is 4.40 Å². The minimum Gasteiger partial charge on any atom is -0.398 e. The maximum Gasteiger partial charge on any atom is 0.352 e. The number of halogens is 2. The van der Waals surface area contributed by atoms with E-state index < -0.39 is 16.0 Å². The maximum absolute atomic E-state index is 15.4. The van der Waals surface area contributed by atoms with Crippen molar-refractivity contribution < 1.29 is 17.6 Å². The quantitative estimate of drug-likeness (QED) is 0.251. The lowest BCUT2D eigenvalue weighted by atomic mass is 10.0. The minimum atomic E-state index is -4.45. The Balaban J connectivity index is 2.02. The molecule has 0 bridgehead atoms. The molecule has 10 nitrogen and oxygen atoms in total. The third-order valence-electron chi connectivity index (χ3n) is 8.11. The summed E-state index contributed by atoms with van der Waals surface area (Å²) in [6.07, 6.45) is 6.11. The van der Waals surface area contributed by atoms with E-state index in [0.29, 0.717) is 43.9 Å². The molecule has 1 aromatic heterocycles. The van der Waals surface area contributed by atoms with E-state index in [9.17, 15) is 13.2 Å². The number of aromatic nitrogens is 1. The van der Waals surface area contributed by atoms with Crippen LogP contribution in [0.15, 0.2) is 71.6 Å². The molecule has 1 saturated heterocycles. The van der Waals surface area contributed by atoms with Gasteiger partial charge in [0.25, 0.3) is 0 Å². The molecule has 0 aliphatic carbocycles. The first kappa shape index (κ1) is 35.8. The van der Waals surface area contributed by atoms with Gasteiger partial charge in [-0.2, -0.15) is 8.42 Å². The zero-order valence-electron chi connectivity index (χ0n) is 27.6. The molecular weight excluding hydrogens is 641 g/mol. The Kier molecular flexibility index (Phi) is 11.3. The van der Waals surface area contributed by atoms with Gasteiger partial charge in [0.05, 0.1) is 27.5 Å². The molecule has 2 aliphatic rings. The number of piperazine rings is 1. The van der Waals surface area contributed by atoms with Gasteiger partial charge < -0.3 is 20.4 Å². The van der Waals surface area contributed by atoms with Gasteiger partial charge >= 0.3 is 10.2 Å². The fraction of sp³-hybridized carbons (Fsp3) is 0.382. The monoisotopic (exact) mass is 683 g/mol. The number of fused-ring (bicyclic) bond motifs is 1. The van der Waals surface area contributed by atoms with Crippen molar-refractivity contribution >= 4 is 50.6 Å². The number of carbonyl (C=O) groups excluding carboxylic acids is 1. The number of hydrogen-bond acceptors (Lipinski definition) is 7. The number of nitrogens with zero attached hydrogens (tertiary/aromatic N) is 6. The van der Waals surface area contributed by atoms with Crippen molar-refractivity contribution in [3.8, 4) is 0 Å². The highest BCUT2D eigenvalue weighted by atomic mass is 35.5. The van der Waals surface area contributed by atoms with Gasteiger partial charge in [-0.25, -0.2) is 13.7 Å². The highest BCUT2D eigenvalue weighted by Gasteiger charge is 2.40. The minimum absolute atomic E-state index is 0.0117. The Hall–Kier alpha value is -4.00. The van der Waals surface area contributed by atoms with Crippen LogP contribution < -0.4 is 10.0 Å². The lowest BCUT2D eigenvalue weighted by molar-refractivity contribution is -0.128. The van der Waals surface area contributed by atoms with Crippen LogP contribution >= 0.6 is 11.6 Å². The van der Waals surface area contributed by atoms with Crippen LogP contribution in [-0.4, -0.2) is 79.6 Å². The second kappa shape index (κ2) is 14.8. The van der Waals surface area contributed by atoms with E-state index >= 15 is 4.39 Å². The molecule has 2 N–H and O–H groups in total. The van der Waals surface area contributed by atoms with E-state index in [1.165, 1.54) is 25.2 Å². The Bertz CT molecular complexity index is 1770. The van der Waals surface area contributed by atoms with Crippen molar-refractivity contribution in [1.29, 1.82) is 0 Å². The number of hydrogen-bond donors (Lipinski definition) is 1.